The Morgan fingerprint density at radius 1 is 0.474 bits per heavy atom. The van der Waals surface area contributed by atoms with E-state index >= 15 is 0 Å². The zero-order valence-corrected chi connectivity index (χ0v) is 20.9. The molecule has 0 saturated carbocycles. The summed E-state index contributed by atoms with van der Waals surface area (Å²) in [6.45, 7) is 1.71. The van der Waals surface area contributed by atoms with E-state index in [0.717, 1.165) is 13.1 Å². The van der Waals surface area contributed by atoms with Crippen LogP contribution in [0.25, 0.3) is 56.5 Å². The van der Waals surface area contributed by atoms with Gasteiger partial charge < -0.3 is 19.8 Å². The van der Waals surface area contributed by atoms with Gasteiger partial charge in [0.2, 0.25) is 0 Å². The highest BCUT2D eigenvalue weighted by Crippen LogP contribution is 2.34. The molecular formula is C34H26N4. The molecular weight excluding hydrogens is 464 g/mol. The fraction of sp³-hybridized carbons (Fsp3) is 0.0588. The van der Waals surface area contributed by atoms with Gasteiger partial charge in [0.25, 0.3) is 0 Å². The fourth-order valence-corrected chi connectivity index (χ4v) is 6.13. The normalized spacial score (nSPS) is 13.8. The molecule has 0 radical (unpaired) electrons. The van der Waals surface area contributed by atoms with Gasteiger partial charge in [0, 0.05) is 46.4 Å². The summed E-state index contributed by atoms with van der Waals surface area (Å²) in [5, 5.41) is 9.35. The summed E-state index contributed by atoms with van der Waals surface area (Å²) in [7, 11) is 0. The van der Waals surface area contributed by atoms with Gasteiger partial charge in [-0.05, 0) is 72.1 Å². The Bertz CT molecular complexity index is 1760. The maximum atomic E-state index is 3.37. The van der Waals surface area contributed by atoms with Gasteiger partial charge in [0.15, 0.2) is 0 Å². The highest BCUT2D eigenvalue weighted by atomic mass is 15.0. The first-order valence-electron chi connectivity index (χ1n) is 13.1. The van der Waals surface area contributed by atoms with Gasteiger partial charge in [0.1, 0.15) is 0 Å². The Kier molecular flexibility index (Phi) is 4.61. The van der Waals surface area contributed by atoms with Crippen LogP contribution in [0.5, 0.6) is 0 Å². The number of fused-ring (bicyclic) bond motifs is 6. The van der Waals surface area contributed by atoms with Crippen molar-refractivity contribution in [2.24, 2.45) is 0 Å². The molecule has 4 heterocycles. The summed E-state index contributed by atoms with van der Waals surface area (Å²) >= 11 is 0. The van der Waals surface area contributed by atoms with E-state index in [2.05, 4.69) is 129 Å². The van der Waals surface area contributed by atoms with Crippen molar-refractivity contribution in [2.75, 3.05) is 0 Å². The molecule has 2 aromatic heterocycles. The van der Waals surface area contributed by atoms with E-state index in [1.54, 1.807) is 0 Å². The lowest BCUT2D eigenvalue weighted by atomic mass is 10.0. The number of aromatic nitrogens is 2. The summed E-state index contributed by atoms with van der Waals surface area (Å²) in [4.78, 5) is 0. The average Bonchev–Trinajstić information content (AvgIpc) is 3.51. The van der Waals surface area contributed by atoms with Crippen molar-refractivity contribution >= 4 is 34.0 Å². The molecule has 6 aromatic rings. The summed E-state index contributed by atoms with van der Waals surface area (Å²) in [6.07, 6.45) is 8.46. The summed E-state index contributed by atoms with van der Waals surface area (Å²) in [5.41, 5.74) is 12.5. The molecule has 2 aliphatic rings. The van der Waals surface area contributed by atoms with Crippen LogP contribution in [0.15, 0.2) is 109 Å². The second-order valence-electron chi connectivity index (χ2n) is 9.95. The van der Waals surface area contributed by atoms with Crippen molar-refractivity contribution in [1.29, 1.82) is 0 Å². The molecule has 2 aliphatic heterocycles. The van der Waals surface area contributed by atoms with Crippen LogP contribution in [0.1, 0.15) is 22.5 Å². The Hall–Kier alpha value is -4.96. The Morgan fingerprint density at radius 2 is 0.895 bits per heavy atom. The minimum absolute atomic E-state index is 0.857. The number of nitrogens with zero attached hydrogens (tertiary/aromatic N) is 2. The molecule has 4 nitrogen and oxygen atoms in total. The Balaban J connectivity index is 1.17. The molecule has 182 valence electrons. The molecule has 38 heavy (non-hydrogen) atoms. The van der Waals surface area contributed by atoms with Gasteiger partial charge in [-0.25, -0.2) is 0 Å². The number of para-hydroxylation sites is 2. The minimum atomic E-state index is 0.857. The zero-order chi connectivity index (χ0) is 25.1. The van der Waals surface area contributed by atoms with Crippen LogP contribution in [0.3, 0.4) is 0 Å². The maximum Gasteiger partial charge on any atom is 0.0538 e. The number of rotatable bonds is 3. The van der Waals surface area contributed by atoms with Crippen LogP contribution in [0, 0.1) is 0 Å². The van der Waals surface area contributed by atoms with E-state index in [1.807, 2.05) is 12.4 Å². The van der Waals surface area contributed by atoms with Crippen molar-refractivity contribution in [3.8, 4) is 22.5 Å². The predicted octanol–water partition coefficient (Wildman–Crippen LogP) is 7.39. The van der Waals surface area contributed by atoms with Crippen molar-refractivity contribution in [1.82, 2.24) is 19.8 Å². The largest absolute Gasteiger partial charge is 0.387 e. The zero-order valence-electron chi connectivity index (χ0n) is 20.9. The second kappa shape index (κ2) is 8.29. The minimum Gasteiger partial charge on any atom is -0.387 e. The molecule has 8 rings (SSSR count). The number of benzene rings is 4. The van der Waals surface area contributed by atoms with E-state index in [9.17, 15) is 0 Å². The van der Waals surface area contributed by atoms with Crippen LogP contribution >= 0.6 is 0 Å². The highest BCUT2D eigenvalue weighted by molar-refractivity contribution is 5.91. The molecule has 2 N–H and O–H groups in total. The molecule has 4 heteroatoms. The third-order valence-corrected chi connectivity index (χ3v) is 7.90. The number of hydrogen-bond acceptors (Lipinski definition) is 2. The van der Waals surface area contributed by atoms with E-state index < -0.39 is 0 Å². The van der Waals surface area contributed by atoms with Gasteiger partial charge in [-0.2, -0.15) is 0 Å². The highest BCUT2D eigenvalue weighted by Gasteiger charge is 2.19. The third kappa shape index (κ3) is 3.10. The van der Waals surface area contributed by atoms with Crippen molar-refractivity contribution < 1.29 is 0 Å². The average molecular weight is 491 g/mol. The third-order valence-electron chi connectivity index (χ3n) is 7.90. The van der Waals surface area contributed by atoms with Gasteiger partial charge in [-0.3, -0.25) is 0 Å². The standard InChI is InChI=1S/C34H26N4/c1-3-7-31-27(5-1)29-21-35-19-17-33(29)37(31)25-13-9-23(10-14-25)24-11-15-26(16-12-24)38-32-8-4-2-6-28(32)30-22-36-20-18-34(30)38/h1-20,35-36H,21-22H2. The number of hydrogen-bond donors (Lipinski definition) is 2. The molecule has 0 fully saturated rings. The van der Waals surface area contributed by atoms with E-state index in [0.29, 0.717) is 0 Å². The van der Waals surface area contributed by atoms with E-state index in [-0.39, 0.29) is 0 Å². The monoisotopic (exact) mass is 490 g/mol. The molecule has 0 saturated heterocycles. The SMILES string of the molecule is C1=Cc2c(c3ccccc3n2-c2ccc(-c3ccc(-n4c5c(c6ccccc64)CNC=C5)cc3)cc2)CN1. The van der Waals surface area contributed by atoms with Crippen LogP contribution in [0.2, 0.25) is 0 Å². The first-order valence-corrected chi connectivity index (χ1v) is 13.1. The summed E-state index contributed by atoms with van der Waals surface area (Å²) in [5.74, 6) is 0. The maximum absolute atomic E-state index is 3.37. The van der Waals surface area contributed by atoms with Gasteiger partial charge in [0.05, 0.1) is 22.4 Å². The quantitative estimate of drug-likeness (QED) is 0.271. The molecule has 0 bridgehead atoms. The molecule has 4 aromatic carbocycles. The lowest BCUT2D eigenvalue weighted by Crippen LogP contribution is -2.10. The Labute approximate surface area is 221 Å². The van der Waals surface area contributed by atoms with Crippen LogP contribution in [0.4, 0.5) is 0 Å². The van der Waals surface area contributed by atoms with Crippen LogP contribution in [-0.4, -0.2) is 9.13 Å². The molecule has 0 amide bonds. The Morgan fingerprint density at radius 3 is 1.34 bits per heavy atom. The second-order valence-corrected chi connectivity index (χ2v) is 9.95. The van der Waals surface area contributed by atoms with E-state index in [1.165, 1.54) is 66.8 Å². The van der Waals surface area contributed by atoms with Gasteiger partial charge in [-0.15, -0.1) is 0 Å². The molecule has 0 unspecified atom stereocenters. The lowest BCUT2D eigenvalue weighted by molar-refractivity contribution is 0.855. The smallest absolute Gasteiger partial charge is 0.0538 e. The summed E-state index contributed by atoms with van der Waals surface area (Å²) in [6, 6.07) is 35.2. The first-order chi connectivity index (χ1) is 18.9. The molecule has 0 atom stereocenters. The molecule has 0 aliphatic carbocycles. The summed E-state index contributed by atoms with van der Waals surface area (Å²) < 4.78 is 4.75. The first kappa shape index (κ1) is 21.2. The lowest BCUT2D eigenvalue weighted by Gasteiger charge is -2.14. The number of nitrogens with one attached hydrogen (secondary N) is 2. The van der Waals surface area contributed by atoms with Crippen LogP contribution in [-0.2, 0) is 13.1 Å². The van der Waals surface area contributed by atoms with Crippen molar-refractivity contribution in [2.45, 2.75) is 13.1 Å². The van der Waals surface area contributed by atoms with Crippen molar-refractivity contribution in [3.05, 3.63) is 132 Å². The van der Waals surface area contributed by atoms with Gasteiger partial charge >= 0.3 is 0 Å². The van der Waals surface area contributed by atoms with Gasteiger partial charge in [-0.1, -0.05) is 60.7 Å². The van der Waals surface area contributed by atoms with E-state index in [4.69, 9.17) is 0 Å². The predicted molar refractivity (Wildman–Crippen MR) is 157 cm³/mol. The molecule has 0 spiro atoms. The van der Waals surface area contributed by atoms with Crippen molar-refractivity contribution in [3.63, 3.8) is 0 Å². The topological polar surface area (TPSA) is 33.9 Å². The van der Waals surface area contributed by atoms with Crippen LogP contribution < -0.4 is 10.6 Å². The fourth-order valence-electron chi connectivity index (χ4n) is 6.13.